The fourth-order valence-electron chi connectivity index (χ4n) is 3.77. The van der Waals surface area contributed by atoms with Crippen molar-refractivity contribution >= 4 is 6.21 Å². The summed E-state index contributed by atoms with van der Waals surface area (Å²) >= 11 is 0. The molecule has 2 unspecified atom stereocenters. The standard InChI is InChI=1S/C18H31N/c1-15(13-18-10-6-4-8-16(18)2)7-3-5-9-17-11-12-19-14-17/h12,14-16,18H,3-11,13H2,1-2H3/t15-,16?,18?/m1/s1. The van der Waals surface area contributed by atoms with Gasteiger partial charge in [-0.2, -0.15) is 0 Å². The van der Waals surface area contributed by atoms with Crippen LogP contribution in [0.2, 0.25) is 0 Å². The molecule has 1 fully saturated rings. The summed E-state index contributed by atoms with van der Waals surface area (Å²) in [7, 11) is 0. The summed E-state index contributed by atoms with van der Waals surface area (Å²) in [6.07, 6.45) is 18.1. The van der Waals surface area contributed by atoms with Crippen LogP contribution in [0, 0.1) is 17.8 Å². The lowest BCUT2D eigenvalue weighted by atomic mass is 9.75. The quantitative estimate of drug-likeness (QED) is 0.517. The van der Waals surface area contributed by atoms with E-state index in [4.69, 9.17) is 0 Å². The molecular formula is C18H31N. The molecule has 2 aliphatic rings. The molecule has 0 amide bonds. The topological polar surface area (TPSA) is 12.4 Å². The van der Waals surface area contributed by atoms with E-state index in [1.807, 2.05) is 6.21 Å². The van der Waals surface area contributed by atoms with Crippen molar-refractivity contribution in [2.75, 3.05) is 0 Å². The monoisotopic (exact) mass is 261 g/mol. The van der Waals surface area contributed by atoms with Crippen LogP contribution >= 0.6 is 0 Å². The maximum Gasteiger partial charge on any atom is 0.0259 e. The Labute approximate surface area is 119 Å². The van der Waals surface area contributed by atoms with E-state index in [-0.39, 0.29) is 0 Å². The highest BCUT2D eigenvalue weighted by molar-refractivity contribution is 5.65. The zero-order chi connectivity index (χ0) is 13.5. The number of nitrogens with zero attached hydrogens (tertiary/aromatic N) is 1. The predicted molar refractivity (Wildman–Crippen MR) is 84.6 cm³/mol. The summed E-state index contributed by atoms with van der Waals surface area (Å²) in [6, 6.07) is 0. The molecule has 0 aromatic carbocycles. The smallest absolute Gasteiger partial charge is 0.0259 e. The van der Waals surface area contributed by atoms with Crippen LogP contribution in [0.3, 0.4) is 0 Å². The largest absolute Gasteiger partial charge is 0.269 e. The molecule has 1 aliphatic heterocycles. The second kappa shape index (κ2) is 7.87. The Morgan fingerprint density at radius 1 is 1.26 bits per heavy atom. The molecule has 1 aliphatic carbocycles. The van der Waals surface area contributed by atoms with Gasteiger partial charge in [0, 0.05) is 18.8 Å². The van der Waals surface area contributed by atoms with Gasteiger partial charge in [0.1, 0.15) is 0 Å². The highest BCUT2D eigenvalue weighted by Gasteiger charge is 2.22. The van der Waals surface area contributed by atoms with Gasteiger partial charge in [0.15, 0.2) is 0 Å². The van der Waals surface area contributed by atoms with Gasteiger partial charge < -0.3 is 0 Å². The molecule has 0 N–H and O–H groups in total. The Morgan fingerprint density at radius 2 is 2.11 bits per heavy atom. The molecule has 3 atom stereocenters. The molecule has 0 aromatic heterocycles. The average molecular weight is 261 g/mol. The van der Waals surface area contributed by atoms with E-state index in [1.54, 1.807) is 0 Å². The van der Waals surface area contributed by atoms with E-state index in [0.717, 1.165) is 24.2 Å². The number of rotatable bonds is 7. The number of allylic oxidation sites excluding steroid dienone is 1. The van der Waals surface area contributed by atoms with E-state index in [2.05, 4.69) is 25.0 Å². The second-order valence-electron chi connectivity index (χ2n) is 6.93. The number of hydrogen-bond acceptors (Lipinski definition) is 1. The molecule has 0 saturated heterocycles. The number of hydrogen-bond donors (Lipinski definition) is 0. The van der Waals surface area contributed by atoms with Crippen molar-refractivity contribution in [1.29, 1.82) is 0 Å². The summed E-state index contributed by atoms with van der Waals surface area (Å²) in [5, 5.41) is 0. The van der Waals surface area contributed by atoms with Crippen LogP contribution in [0.4, 0.5) is 0 Å². The minimum atomic E-state index is 0.930. The molecule has 0 radical (unpaired) electrons. The van der Waals surface area contributed by atoms with Gasteiger partial charge in [0.05, 0.1) is 0 Å². The lowest BCUT2D eigenvalue weighted by Crippen LogP contribution is -2.19. The van der Waals surface area contributed by atoms with E-state index in [1.165, 1.54) is 63.4 Å². The molecule has 0 spiro atoms. The maximum absolute atomic E-state index is 4.18. The van der Waals surface area contributed by atoms with Crippen LogP contribution < -0.4 is 0 Å². The lowest BCUT2D eigenvalue weighted by molar-refractivity contribution is 0.210. The normalized spacial score (nSPS) is 28.4. The molecule has 1 heterocycles. The minimum absolute atomic E-state index is 0.930. The molecule has 1 nitrogen and oxygen atoms in total. The summed E-state index contributed by atoms with van der Waals surface area (Å²) < 4.78 is 0. The van der Waals surface area contributed by atoms with Crippen molar-refractivity contribution in [3.05, 3.63) is 11.8 Å². The van der Waals surface area contributed by atoms with E-state index in [9.17, 15) is 0 Å². The summed E-state index contributed by atoms with van der Waals surface area (Å²) in [4.78, 5) is 4.18. The summed E-state index contributed by atoms with van der Waals surface area (Å²) in [5.41, 5.74) is 1.54. The van der Waals surface area contributed by atoms with Crippen LogP contribution in [0.25, 0.3) is 0 Å². The Bertz CT molecular complexity index is 316. The third-order valence-corrected chi connectivity index (χ3v) is 5.16. The van der Waals surface area contributed by atoms with Crippen LogP contribution in [0.15, 0.2) is 16.8 Å². The van der Waals surface area contributed by atoms with Crippen LogP contribution in [0.5, 0.6) is 0 Å². The maximum atomic E-state index is 4.18. The Hall–Kier alpha value is -0.590. The Morgan fingerprint density at radius 3 is 2.84 bits per heavy atom. The van der Waals surface area contributed by atoms with Crippen LogP contribution in [-0.2, 0) is 0 Å². The highest BCUT2D eigenvalue weighted by Crippen LogP contribution is 2.35. The third-order valence-electron chi connectivity index (χ3n) is 5.16. The van der Waals surface area contributed by atoms with E-state index >= 15 is 0 Å². The van der Waals surface area contributed by atoms with Gasteiger partial charge in [0.2, 0.25) is 0 Å². The van der Waals surface area contributed by atoms with Gasteiger partial charge in [-0.15, -0.1) is 0 Å². The summed E-state index contributed by atoms with van der Waals surface area (Å²) in [5.74, 6) is 2.94. The van der Waals surface area contributed by atoms with Crippen molar-refractivity contribution in [2.45, 2.75) is 78.1 Å². The van der Waals surface area contributed by atoms with Gasteiger partial charge in [0.25, 0.3) is 0 Å². The molecule has 0 aromatic rings. The first kappa shape index (κ1) is 14.8. The van der Waals surface area contributed by atoms with Crippen molar-refractivity contribution < 1.29 is 0 Å². The first-order chi connectivity index (χ1) is 9.25. The average Bonchev–Trinajstić information content (AvgIpc) is 2.91. The minimum Gasteiger partial charge on any atom is -0.269 e. The molecule has 0 bridgehead atoms. The van der Waals surface area contributed by atoms with Gasteiger partial charge >= 0.3 is 0 Å². The SMILES string of the molecule is CC1CCCCC1C[C@H](C)CCCCC1=CN=CC1. The highest BCUT2D eigenvalue weighted by atomic mass is 14.7. The lowest BCUT2D eigenvalue weighted by Gasteiger charge is -2.30. The molecule has 1 saturated carbocycles. The van der Waals surface area contributed by atoms with Gasteiger partial charge in [-0.25, -0.2) is 0 Å². The molecule has 108 valence electrons. The van der Waals surface area contributed by atoms with Crippen LogP contribution in [-0.4, -0.2) is 6.21 Å². The van der Waals surface area contributed by atoms with E-state index < -0.39 is 0 Å². The fraction of sp³-hybridized carbons (Fsp3) is 0.833. The zero-order valence-corrected chi connectivity index (χ0v) is 12.9. The number of aliphatic imine (C=N–C) groups is 1. The predicted octanol–water partition coefficient (Wildman–Crippen LogP) is 5.76. The third kappa shape index (κ3) is 5.12. The Kier molecular flexibility index (Phi) is 6.13. The molecule has 1 heteroatoms. The van der Waals surface area contributed by atoms with Gasteiger partial charge in [-0.3, -0.25) is 4.99 Å². The van der Waals surface area contributed by atoms with E-state index in [0.29, 0.717) is 0 Å². The molecule has 19 heavy (non-hydrogen) atoms. The van der Waals surface area contributed by atoms with Crippen molar-refractivity contribution in [3.8, 4) is 0 Å². The zero-order valence-electron chi connectivity index (χ0n) is 12.9. The van der Waals surface area contributed by atoms with Crippen molar-refractivity contribution in [3.63, 3.8) is 0 Å². The molecule has 2 rings (SSSR count). The molecular weight excluding hydrogens is 230 g/mol. The van der Waals surface area contributed by atoms with Gasteiger partial charge in [-0.05, 0) is 42.6 Å². The van der Waals surface area contributed by atoms with Gasteiger partial charge in [-0.1, -0.05) is 52.4 Å². The van der Waals surface area contributed by atoms with Crippen molar-refractivity contribution in [1.82, 2.24) is 0 Å². The first-order valence-electron chi connectivity index (χ1n) is 8.45. The van der Waals surface area contributed by atoms with Crippen LogP contribution in [0.1, 0.15) is 78.1 Å². The first-order valence-corrected chi connectivity index (χ1v) is 8.45. The number of unbranched alkanes of at least 4 members (excludes halogenated alkanes) is 1. The fourth-order valence-corrected chi connectivity index (χ4v) is 3.77. The van der Waals surface area contributed by atoms with Crippen molar-refractivity contribution in [2.24, 2.45) is 22.7 Å². The summed E-state index contributed by atoms with van der Waals surface area (Å²) in [6.45, 7) is 4.95. The second-order valence-corrected chi connectivity index (χ2v) is 6.93. The Balaban J connectivity index is 1.55.